The quantitative estimate of drug-likeness (QED) is 0.685. The molecular weight excluding hydrogens is 334 g/mol. The second-order valence-electron chi connectivity index (χ2n) is 6.74. The molecule has 0 saturated carbocycles. The Labute approximate surface area is 154 Å². The zero-order valence-corrected chi connectivity index (χ0v) is 15.6. The fourth-order valence-corrected chi connectivity index (χ4v) is 3.95. The Hall–Kier alpha value is -2.20. The van der Waals surface area contributed by atoms with E-state index >= 15 is 0 Å². The molecule has 1 aliphatic heterocycles. The van der Waals surface area contributed by atoms with Crippen LogP contribution in [0.4, 0.5) is 0 Å². The first-order valence-corrected chi connectivity index (χ1v) is 8.64. The van der Waals surface area contributed by atoms with Crippen LogP contribution in [0, 0.1) is 6.92 Å². The minimum Gasteiger partial charge on any atom is -1.00 e. The lowest BCUT2D eigenvalue weighted by Crippen LogP contribution is -3.00. The first kappa shape index (κ1) is 17.6. The number of hydrogen-bond acceptors (Lipinski definition) is 1. The number of aryl methyl sites for hydroxylation is 1. The van der Waals surface area contributed by atoms with E-state index in [9.17, 15) is 0 Å². The van der Waals surface area contributed by atoms with Gasteiger partial charge in [-0.2, -0.15) is 0 Å². The Morgan fingerprint density at radius 1 is 1.36 bits per heavy atom. The van der Waals surface area contributed by atoms with Crippen LogP contribution in [-0.2, 0) is 11.2 Å². The third-order valence-electron chi connectivity index (χ3n) is 5.15. The van der Waals surface area contributed by atoms with Gasteiger partial charge in [0.25, 0.3) is 0 Å². The van der Waals surface area contributed by atoms with Crippen molar-refractivity contribution < 1.29 is 22.1 Å². The Morgan fingerprint density at radius 3 is 2.92 bits per heavy atom. The molecule has 2 aromatic heterocycles. The number of halogens is 1. The average Bonchev–Trinajstić information content (AvgIpc) is 3.28. The van der Waals surface area contributed by atoms with E-state index in [1.807, 2.05) is 18.3 Å². The van der Waals surface area contributed by atoms with Gasteiger partial charge in [-0.25, -0.2) is 4.99 Å². The monoisotopic (exact) mass is 357 g/mol. The predicted molar refractivity (Wildman–Crippen MR) is 95.8 cm³/mol. The van der Waals surface area contributed by atoms with Crippen LogP contribution in [0.15, 0.2) is 35.9 Å². The van der Waals surface area contributed by atoms with Crippen molar-refractivity contribution in [1.29, 1.82) is 0 Å². The minimum atomic E-state index is 0. The van der Waals surface area contributed by atoms with E-state index in [1.165, 1.54) is 41.8 Å². The normalized spacial score (nSPS) is 20.8. The molecular formula is C20H24ClN3O. The molecule has 0 amide bonds. The molecule has 0 bridgehead atoms. The number of fused-ring (bicyclic) bond motifs is 1. The summed E-state index contributed by atoms with van der Waals surface area (Å²) in [4.78, 5) is 10.3. The minimum absolute atomic E-state index is 0. The molecule has 3 heterocycles. The van der Waals surface area contributed by atoms with Crippen molar-refractivity contribution in [2.45, 2.75) is 39.0 Å². The van der Waals surface area contributed by atoms with Crippen LogP contribution in [-0.4, -0.2) is 22.8 Å². The molecule has 1 atom stereocenters. The van der Waals surface area contributed by atoms with Crippen molar-refractivity contribution in [3.8, 4) is 0 Å². The summed E-state index contributed by atoms with van der Waals surface area (Å²) in [5.41, 5.74) is 8.61. The first-order chi connectivity index (χ1) is 11.7. The van der Waals surface area contributed by atoms with Crippen molar-refractivity contribution in [1.82, 2.24) is 9.97 Å². The molecule has 2 aromatic rings. The molecule has 0 aromatic carbocycles. The molecule has 1 aliphatic carbocycles. The van der Waals surface area contributed by atoms with Crippen molar-refractivity contribution in [2.24, 2.45) is 0 Å². The fraction of sp³-hybridized carbons (Fsp3) is 0.350. The molecule has 5 heteroatoms. The highest BCUT2D eigenvalue weighted by Crippen LogP contribution is 2.36. The third-order valence-corrected chi connectivity index (χ3v) is 5.15. The summed E-state index contributed by atoms with van der Waals surface area (Å²) in [6.45, 7) is 4.52. The topological polar surface area (TPSA) is 54.8 Å². The maximum Gasteiger partial charge on any atom is 0.248 e. The molecule has 0 radical (unpaired) electrons. The second kappa shape index (κ2) is 6.96. The van der Waals surface area contributed by atoms with Gasteiger partial charge in [0.1, 0.15) is 5.69 Å². The molecule has 1 unspecified atom stereocenters. The lowest BCUT2D eigenvalue weighted by atomic mass is 9.84. The van der Waals surface area contributed by atoms with Crippen molar-refractivity contribution in [2.75, 3.05) is 7.11 Å². The Kier molecular flexibility index (Phi) is 4.91. The molecule has 25 heavy (non-hydrogen) atoms. The molecule has 2 aliphatic rings. The van der Waals surface area contributed by atoms with Crippen LogP contribution in [0.5, 0.6) is 0 Å². The zero-order chi connectivity index (χ0) is 16.7. The van der Waals surface area contributed by atoms with Gasteiger partial charge in [-0.1, -0.05) is 6.92 Å². The van der Waals surface area contributed by atoms with Crippen LogP contribution in [0.25, 0.3) is 6.08 Å². The van der Waals surface area contributed by atoms with Crippen molar-refractivity contribution in [3.63, 3.8) is 0 Å². The number of nitrogens with one attached hydrogen (secondary N) is 3. The molecule has 0 saturated heterocycles. The average molecular weight is 358 g/mol. The molecule has 0 spiro atoms. The number of ether oxygens (including phenoxy) is 1. The predicted octanol–water partition coefficient (Wildman–Crippen LogP) is -0.450. The number of aromatic nitrogens is 2. The van der Waals surface area contributed by atoms with E-state index in [0.717, 1.165) is 22.9 Å². The van der Waals surface area contributed by atoms with Gasteiger partial charge < -0.3 is 27.1 Å². The van der Waals surface area contributed by atoms with Gasteiger partial charge in [-0.3, -0.25) is 0 Å². The van der Waals surface area contributed by atoms with Crippen LogP contribution in [0.1, 0.15) is 53.9 Å². The van der Waals surface area contributed by atoms with Gasteiger partial charge >= 0.3 is 0 Å². The highest BCUT2D eigenvalue weighted by Gasteiger charge is 2.28. The smallest absolute Gasteiger partial charge is 0.248 e. The SMILES string of the molecule is COC1=CC(c2ccc[nH]2)=[NH+]/C1=C\c1[nH]c(C)c2c1C(C)CCC2.[Cl-]. The van der Waals surface area contributed by atoms with E-state index in [-0.39, 0.29) is 12.4 Å². The van der Waals surface area contributed by atoms with Crippen molar-refractivity contribution in [3.05, 3.63) is 64.1 Å². The summed E-state index contributed by atoms with van der Waals surface area (Å²) >= 11 is 0. The first-order valence-electron chi connectivity index (χ1n) is 8.64. The lowest BCUT2D eigenvalue weighted by Gasteiger charge is -2.20. The zero-order valence-electron chi connectivity index (χ0n) is 14.9. The Morgan fingerprint density at radius 2 is 2.20 bits per heavy atom. The van der Waals surface area contributed by atoms with E-state index in [4.69, 9.17) is 4.74 Å². The van der Waals surface area contributed by atoms with Gasteiger partial charge in [0.2, 0.25) is 11.4 Å². The van der Waals surface area contributed by atoms with Crippen LogP contribution < -0.4 is 17.4 Å². The molecule has 0 fully saturated rings. The number of H-pyrrole nitrogens is 2. The van der Waals surface area contributed by atoms with E-state index in [2.05, 4.69) is 41.0 Å². The number of allylic oxidation sites excluding steroid dienone is 1. The summed E-state index contributed by atoms with van der Waals surface area (Å²) in [5.74, 6) is 1.47. The van der Waals surface area contributed by atoms with Gasteiger partial charge in [-0.05, 0) is 55.4 Å². The van der Waals surface area contributed by atoms with Crippen LogP contribution in [0.2, 0.25) is 0 Å². The summed E-state index contributed by atoms with van der Waals surface area (Å²) in [6, 6.07) is 4.05. The number of methoxy groups -OCH3 is 1. The number of aromatic amines is 2. The molecule has 3 N–H and O–H groups in total. The molecule has 4 nitrogen and oxygen atoms in total. The fourth-order valence-electron chi connectivity index (χ4n) is 3.95. The maximum atomic E-state index is 5.58. The van der Waals surface area contributed by atoms with E-state index in [0.29, 0.717) is 5.92 Å². The number of hydrogen-bond donors (Lipinski definition) is 3. The van der Waals surface area contributed by atoms with Gasteiger partial charge in [0.05, 0.1) is 13.2 Å². The third kappa shape index (κ3) is 3.07. The molecule has 4 rings (SSSR count). The highest BCUT2D eigenvalue weighted by atomic mass is 35.5. The Bertz CT molecular complexity index is 856. The van der Waals surface area contributed by atoms with Gasteiger partial charge in [0.15, 0.2) is 5.76 Å². The summed E-state index contributed by atoms with van der Waals surface area (Å²) in [7, 11) is 1.72. The second-order valence-corrected chi connectivity index (χ2v) is 6.74. The van der Waals surface area contributed by atoms with Gasteiger partial charge in [0, 0.05) is 23.7 Å². The highest BCUT2D eigenvalue weighted by molar-refractivity contribution is 6.05. The standard InChI is InChI=1S/C20H23N3O.ClH/c1-12-6-4-7-14-13(2)22-18(20(12)14)10-17-19(24-3)11-16(23-17)15-8-5-9-21-15;/h5,8-12,21-22H,4,6-7H2,1-3H3;1H/b17-10-;. The maximum absolute atomic E-state index is 5.58. The molecule has 132 valence electrons. The largest absolute Gasteiger partial charge is 1.00 e. The summed E-state index contributed by atoms with van der Waals surface area (Å²) in [6.07, 6.45) is 9.90. The van der Waals surface area contributed by atoms with E-state index < -0.39 is 0 Å². The van der Waals surface area contributed by atoms with Crippen molar-refractivity contribution >= 4 is 11.8 Å². The van der Waals surface area contributed by atoms with Crippen LogP contribution >= 0.6 is 0 Å². The van der Waals surface area contributed by atoms with Crippen LogP contribution in [0.3, 0.4) is 0 Å². The lowest BCUT2D eigenvalue weighted by molar-refractivity contribution is -0.388. The summed E-state index contributed by atoms with van der Waals surface area (Å²) < 4.78 is 5.58. The summed E-state index contributed by atoms with van der Waals surface area (Å²) in [5, 5.41) is 0. The Balaban J connectivity index is 0.00000182. The van der Waals surface area contributed by atoms with Gasteiger partial charge in [-0.15, -0.1) is 0 Å². The van der Waals surface area contributed by atoms with E-state index in [1.54, 1.807) is 7.11 Å². The number of rotatable bonds is 3.